The van der Waals surface area contributed by atoms with Crippen LogP contribution in [0.4, 0.5) is 0 Å². The first kappa shape index (κ1) is 11.7. The van der Waals surface area contributed by atoms with Gasteiger partial charge in [-0.2, -0.15) is 0 Å². The molecule has 1 saturated heterocycles. The molecule has 1 rings (SSSR count). The molecule has 0 aromatic carbocycles. The quantitative estimate of drug-likeness (QED) is 0.397. The van der Waals surface area contributed by atoms with Gasteiger partial charge in [-0.1, -0.05) is 24.8 Å². The standard InChI is InChI=1S/C10H20ClNS/c11-7-3-6-10-13-12-8-4-1-2-5-9-12/h1-10H2. The van der Waals surface area contributed by atoms with E-state index in [4.69, 9.17) is 11.6 Å². The van der Waals surface area contributed by atoms with Crippen molar-refractivity contribution in [1.82, 2.24) is 4.31 Å². The molecule has 0 unspecified atom stereocenters. The predicted octanol–water partition coefficient (Wildman–Crippen LogP) is 3.53. The average Bonchev–Trinajstić information content (AvgIpc) is 2.41. The van der Waals surface area contributed by atoms with Crippen LogP contribution in [0, 0.1) is 0 Å². The van der Waals surface area contributed by atoms with E-state index < -0.39 is 0 Å². The van der Waals surface area contributed by atoms with E-state index in [9.17, 15) is 0 Å². The molecule has 0 aromatic heterocycles. The maximum atomic E-state index is 5.63. The Morgan fingerprint density at radius 2 is 1.69 bits per heavy atom. The number of unbranched alkanes of at least 4 members (excludes halogenated alkanes) is 1. The molecule has 1 heterocycles. The highest BCUT2D eigenvalue weighted by Crippen LogP contribution is 2.18. The molecule has 0 aromatic rings. The van der Waals surface area contributed by atoms with Crippen molar-refractivity contribution in [3.8, 4) is 0 Å². The Balaban J connectivity index is 1.98. The minimum Gasteiger partial charge on any atom is -0.251 e. The zero-order valence-electron chi connectivity index (χ0n) is 8.30. The van der Waals surface area contributed by atoms with Crippen molar-refractivity contribution in [3.63, 3.8) is 0 Å². The molecule has 0 N–H and O–H groups in total. The van der Waals surface area contributed by atoms with Crippen molar-refractivity contribution in [2.24, 2.45) is 0 Å². The van der Waals surface area contributed by atoms with Crippen molar-refractivity contribution in [3.05, 3.63) is 0 Å². The molecule has 0 aliphatic carbocycles. The molecule has 1 nitrogen and oxygen atoms in total. The maximum absolute atomic E-state index is 5.63. The minimum atomic E-state index is 0.820. The van der Waals surface area contributed by atoms with Gasteiger partial charge in [0.15, 0.2) is 0 Å². The van der Waals surface area contributed by atoms with Gasteiger partial charge < -0.3 is 0 Å². The predicted molar refractivity (Wildman–Crippen MR) is 62.5 cm³/mol. The monoisotopic (exact) mass is 221 g/mol. The molecule has 1 fully saturated rings. The van der Waals surface area contributed by atoms with Gasteiger partial charge in [-0.25, -0.2) is 0 Å². The first-order chi connectivity index (χ1) is 6.43. The number of nitrogens with zero attached hydrogens (tertiary/aromatic N) is 1. The lowest BCUT2D eigenvalue weighted by atomic mass is 10.2. The number of alkyl halides is 1. The Hall–Kier alpha value is 0.600. The summed E-state index contributed by atoms with van der Waals surface area (Å²) in [5.41, 5.74) is 0. The Kier molecular flexibility index (Phi) is 7.14. The molecule has 0 spiro atoms. The SMILES string of the molecule is ClCCCCSN1CCCCCC1. The minimum absolute atomic E-state index is 0.820. The van der Waals surface area contributed by atoms with Gasteiger partial charge in [-0.3, -0.25) is 4.31 Å². The van der Waals surface area contributed by atoms with Gasteiger partial charge in [0.1, 0.15) is 0 Å². The van der Waals surface area contributed by atoms with E-state index >= 15 is 0 Å². The van der Waals surface area contributed by atoms with Crippen LogP contribution < -0.4 is 0 Å². The third kappa shape index (κ3) is 5.82. The molecule has 0 radical (unpaired) electrons. The fourth-order valence-corrected chi connectivity index (χ4v) is 2.86. The number of hydrogen-bond acceptors (Lipinski definition) is 2. The lowest BCUT2D eigenvalue weighted by Gasteiger charge is -2.17. The van der Waals surface area contributed by atoms with Crippen LogP contribution in [0.25, 0.3) is 0 Å². The van der Waals surface area contributed by atoms with Crippen LogP contribution >= 0.6 is 23.5 Å². The molecular weight excluding hydrogens is 202 g/mol. The van der Waals surface area contributed by atoms with Gasteiger partial charge in [-0.05, 0) is 25.7 Å². The lowest BCUT2D eigenvalue weighted by molar-refractivity contribution is 0.488. The van der Waals surface area contributed by atoms with E-state index in [1.807, 2.05) is 11.9 Å². The average molecular weight is 222 g/mol. The van der Waals surface area contributed by atoms with Crippen LogP contribution in [0.3, 0.4) is 0 Å². The lowest BCUT2D eigenvalue weighted by Crippen LogP contribution is -2.16. The van der Waals surface area contributed by atoms with Gasteiger partial charge in [0.05, 0.1) is 0 Å². The summed E-state index contributed by atoms with van der Waals surface area (Å²) in [5, 5.41) is 0. The molecule has 1 aliphatic rings. The van der Waals surface area contributed by atoms with Crippen molar-refractivity contribution in [1.29, 1.82) is 0 Å². The fraction of sp³-hybridized carbons (Fsp3) is 1.00. The number of halogens is 1. The van der Waals surface area contributed by atoms with Crippen LogP contribution in [0.5, 0.6) is 0 Å². The van der Waals surface area contributed by atoms with E-state index in [0.29, 0.717) is 0 Å². The highest BCUT2D eigenvalue weighted by Gasteiger charge is 2.08. The van der Waals surface area contributed by atoms with Gasteiger partial charge >= 0.3 is 0 Å². The Labute approximate surface area is 91.3 Å². The summed E-state index contributed by atoms with van der Waals surface area (Å²) in [4.78, 5) is 0. The van der Waals surface area contributed by atoms with E-state index in [-0.39, 0.29) is 0 Å². The molecule has 0 atom stereocenters. The first-order valence-electron chi connectivity index (χ1n) is 5.37. The van der Waals surface area contributed by atoms with Crippen molar-refractivity contribution >= 4 is 23.5 Å². The third-order valence-corrected chi connectivity index (χ3v) is 3.84. The molecule has 1 aliphatic heterocycles. The van der Waals surface area contributed by atoms with Crippen LogP contribution in [0.1, 0.15) is 38.5 Å². The molecule has 3 heteroatoms. The zero-order valence-corrected chi connectivity index (χ0v) is 9.88. The summed E-state index contributed by atoms with van der Waals surface area (Å²) in [7, 11) is 0. The van der Waals surface area contributed by atoms with Crippen molar-refractivity contribution in [2.75, 3.05) is 24.7 Å². The topological polar surface area (TPSA) is 3.24 Å². The van der Waals surface area contributed by atoms with Crippen molar-refractivity contribution in [2.45, 2.75) is 38.5 Å². The molecular formula is C10H20ClNS. The summed E-state index contributed by atoms with van der Waals surface area (Å²) in [6.07, 6.45) is 8.08. The normalized spacial score (nSPS) is 20.1. The third-order valence-electron chi connectivity index (χ3n) is 2.37. The summed E-state index contributed by atoms with van der Waals surface area (Å²) in [6.45, 7) is 2.59. The number of rotatable bonds is 5. The second-order valence-electron chi connectivity index (χ2n) is 3.57. The number of hydrogen-bond donors (Lipinski definition) is 0. The van der Waals surface area contributed by atoms with Crippen LogP contribution in [-0.4, -0.2) is 29.0 Å². The molecule has 78 valence electrons. The highest BCUT2D eigenvalue weighted by molar-refractivity contribution is 7.97. The molecule has 0 amide bonds. The molecule has 0 saturated carbocycles. The second-order valence-corrected chi connectivity index (χ2v) is 5.13. The smallest absolute Gasteiger partial charge is 0.0223 e. The second kappa shape index (κ2) is 7.95. The Morgan fingerprint density at radius 3 is 2.31 bits per heavy atom. The zero-order chi connectivity index (χ0) is 9.36. The summed E-state index contributed by atoms with van der Waals surface area (Å²) >= 11 is 7.65. The Bertz CT molecular complexity index is 113. The van der Waals surface area contributed by atoms with E-state index in [0.717, 1.165) is 5.88 Å². The van der Waals surface area contributed by atoms with Crippen LogP contribution in [0.2, 0.25) is 0 Å². The molecule has 13 heavy (non-hydrogen) atoms. The van der Waals surface area contributed by atoms with E-state index in [1.54, 1.807) is 0 Å². The van der Waals surface area contributed by atoms with E-state index in [2.05, 4.69) is 4.31 Å². The van der Waals surface area contributed by atoms with Gasteiger partial charge in [0, 0.05) is 24.7 Å². The summed E-state index contributed by atoms with van der Waals surface area (Å²) in [5.74, 6) is 2.08. The molecule has 0 bridgehead atoms. The fourth-order valence-electron chi connectivity index (χ4n) is 1.56. The van der Waals surface area contributed by atoms with E-state index in [1.165, 1.54) is 57.4 Å². The van der Waals surface area contributed by atoms with Gasteiger partial charge in [0.2, 0.25) is 0 Å². The van der Waals surface area contributed by atoms with Crippen molar-refractivity contribution < 1.29 is 0 Å². The maximum Gasteiger partial charge on any atom is 0.0223 e. The largest absolute Gasteiger partial charge is 0.251 e. The Morgan fingerprint density at radius 1 is 1.00 bits per heavy atom. The van der Waals surface area contributed by atoms with Gasteiger partial charge in [0.25, 0.3) is 0 Å². The van der Waals surface area contributed by atoms with Gasteiger partial charge in [-0.15, -0.1) is 11.6 Å². The summed E-state index contributed by atoms with van der Waals surface area (Å²) < 4.78 is 2.54. The van der Waals surface area contributed by atoms with Crippen LogP contribution in [-0.2, 0) is 0 Å². The van der Waals surface area contributed by atoms with Crippen LogP contribution in [0.15, 0.2) is 0 Å². The first-order valence-corrected chi connectivity index (χ1v) is 6.85. The highest BCUT2D eigenvalue weighted by atomic mass is 35.5. The summed E-state index contributed by atoms with van der Waals surface area (Å²) in [6, 6.07) is 0.